The fourth-order valence-corrected chi connectivity index (χ4v) is 1.17. The summed E-state index contributed by atoms with van der Waals surface area (Å²) in [5.41, 5.74) is 4.97. The van der Waals surface area contributed by atoms with Gasteiger partial charge in [-0.1, -0.05) is 13.8 Å². The molecule has 0 radical (unpaired) electrons. The molecule has 0 aliphatic rings. The van der Waals surface area contributed by atoms with E-state index in [0.717, 1.165) is 7.05 Å². The predicted octanol–water partition coefficient (Wildman–Crippen LogP) is 0.449. The van der Waals surface area contributed by atoms with E-state index in [9.17, 15) is 22.8 Å². The summed E-state index contributed by atoms with van der Waals surface area (Å²) in [7, 11) is 1.04. The number of carbonyl (C=O) groups excluding carboxylic acids is 2. The van der Waals surface area contributed by atoms with Gasteiger partial charge in [0.15, 0.2) is 0 Å². The van der Waals surface area contributed by atoms with Gasteiger partial charge in [0, 0.05) is 7.05 Å². The van der Waals surface area contributed by atoms with Crippen molar-refractivity contribution in [2.45, 2.75) is 26.1 Å². The first-order valence-electron chi connectivity index (χ1n) is 4.38. The van der Waals surface area contributed by atoms with Crippen LogP contribution in [-0.2, 0) is 14.4 Å². The molecule has 1 amide bonds. The highest BCUT2D eigenvalue weighted by Gasteiger charge is 2.43. The highest BCUT2D eigenvalue weighted by molar-refractivity contribution is 5.80. The summed E-state index contributed by atoms with van der Waals surface area (Å²) in [4.78, 5) is 25.4. The van der Waals surface area contributed by atoms with Gasteiger partial charge in [-0.25, -0.2) is 4.79 Å². The summed E-state index contributed by atoms with van der Waals surface area (Å²) < 4.78 is 35.6. The Bertz CT molecular complexity index is 278. The zero-order chi connectivity index (χ0) is 13.1. The number of hydrogen-bond donors (Lipinski definition) is 1. The average molecular weight is 242 g/mol. The summed E-state index contributed by atoms with van der Waals surface area (Å²) in [6.45, 7) is 3.13. The van der Waals surface area contributed by atoms with Crippen LogP contribution < -0.4 is 5.73 Å². The van der Waals surface area contributed by atoms with Gasteiger partial charge < -0.3 is 10.6 Å². The number of primary amides is 1. The monoisotopic (exact) mass is 242 g/mol. The van der Waals surface area contributed by atoms with Gasteiger partial charge in [0.25, 0.3) is 0 Å². The van der Waals surface area contributed by atoms with Gasteiger partial charge in [-0.3, -0.25) is 4.79 Å². The van der Waals surface area contributed by atoms with Gasteiger partial charge in [0.2, 0.25) is 5.91 Å². The van der Waals surface area contributed by atoms with Gasteiger partial charge >= 0.3 is 12.1 Å². The van der Waals surface area contributed by atoms with Crippen molar-refractivity contribution in [2.24, 2.45) is 11.7 Å². The first-order valence-corrected chi connectivity index (χ1v) is 4.38. The normalized spacial score (nSPS) is 14.0. The number of rotatable bonds is 4. The van der Waals surface area contributed by atoms with E-state index in [-0.39, 0.29) is 5.92 Å². The van der Waals surface area contributed by atoms with Crippen LogP contribution in [0.15, 0.2) is 0 Å². The smallest absolute Gasteiger partial charge is 0.368 e. The summed E-state index contributed by atoms with van der Waals surface area (Å²) >= 11 is 0. The number of hydrogen-bond acceptors (Lipinski definition) is 4. The van der Waals surface area contributed by atoms with E-state index in [1.807, 2.05) is 0 Å². The molecule has 0 saturated heterocycles. The molecule has 2 N–H and O–H groups in total. The number of nitrogens with zero attached hydrogens (tertiary/aromatic N) is 1. The maximum atomic E-state index is 11.9. The first-order chi connectivity index (χ1) is 7.07. The standard InChI is InChI=1S/C8H13F3N2O3/c1-4(2)5(6(12)14)13(3)16-7(15)8(9,10)11/h4-5H,1-3H3,(H2,12,14)/t5-/m0/s1. The third-order valence-electron chi connectivity index (χ3n) is 1.77. The average Bonchev–Trinajstić information content (AvgIpc) is 1.99. The maximum absolute atomic E-state index is 11.9. The lowest BCUT2D eigenvalue weighted by molar-refractivity contribution is -0.241. The minimum absolute atomic E-state index is 0.386. The zero-order valence-electron chi connectivity index (χ0n) is 9.04. The van der Waals surface area contributed by atoms with Crippen LogP contribution in [-0.4, -0.2) is 36.2 Å². The summed E-state index contributed by atoms with van der Waals surface area (Å²) in [5.74, 6) is -3.64. The molecule has 0 fully saturated rings. The third kappa shape index (κ3) is 4.05. The molecule has 0 aliphatic heterocycles. The minimum atomic E-state index is -5.10. The fourth-order valence-electron chi connectivity index (χ4n) is 1.17. The lowest BCUT2D eigenvalue weighted by Crippen LogP contribution is -2.48. The number of hydroxylamine groups is 2. The molecule has 16 heavy (non-hydrogen) atoms. The van der Waals surface area contributed by atoms with Gasteiger partial charge in [0.05, 0.1) is 0 Å². The molecule has 0 aromatic carbocycles. The summed E-state index contributed by atoms with van der Waals surface area (Å²) in [5, 5.41) is 0.517. The maximum Gasteiger partial charge on any atom is 0.492 e. The van der Waals surface area contributed by atoms with Crippen molar-refractivity contribution in [3.05, 3.63) is 0 Å². The van der Waals surface area contributed by atoms with E-state index >= 15 is 0 Å². The molecule has 94 valence electrons. The summed E-state index contributed by atoms with van der Waals surface area (Å²) in [6, 6.07) is -1.11. The highest BCUT2D eigenvalue weighted by atomic mass is 19.4. The third-order valence-corrected chi connectivity index (χ3v) is 1.77. The van der Waals surface area contributed by atoms with Crippen LogP contribution in [0.25, 0.3) is 0 Å². The van der Waals surface area contributed by atoms with Crippen LogP contribution in [0.1, 0.15) is 13.8 Å². The molecule has 0 aromatic rings. The molecule has 0 spiro atoms. The Labute approximate surface area is 90.3 Å². The van der Waals surface area contributed by atoms with E-state index in [2.05, 4.69) is 4.84 Å². The van der Waals surface area contributed by atoms with Crippen LogP contribution in [0.4, 0.5) is 13.2 Å². The number of alkyl halides is 3. The molecule has 5 nitrogen and oxygen atoms in total. The molecule has 8 heteroatoms. The van der Waals surface area contributed by atoms with Gasteiger partial charge in [-0.05, 0) is 5.92 Å². The molecule has 0 rings (SSSR count). The second kappa shape index (κ2) is 5.15. The van der Waals surface area contributed by atoms with E-state index < -0.39 is 24.1 Å². The predicted molar refractivity (Wildman–Crippen MR) is 47.7 cm³/mol. The lowest BCUT2D eigenvalue weighted by Gasteiger charge is -2.26. The van der Waals surface area contributed by atoms with Gasteiger partial charge in [-0.2, -0.15) is 13.2 Å². The van der Waals surface area contributed by atoms with Crippen molar-refractivity contribution in [3.63, 3.8) is 0 Å². The quantitative estimate of drug-likeness (QED) is 0.726. The number of carbonyl (C=O) groups is 2. The Balaban J connectivity index is 4.61. The van der Waals surface area contributed by atoms with Crippen molar-refractivity contribution in [1.82, 2.24) is 5.06 Å². The molecule has 0 unspecified atom stereocenters. The van der Waals surface area contributed by atoms with Crippen molar-refractivity contribution in [2.75, 3.05) is 7.05 Å². The van der Waals surface area contributed by atoms with Crippen molar-refractivity contribution in [3.8, 4) is 0 Å². The van der Waals surface area contributed by atoms with Crippen molar-refractivity contribution >= 4 is 11.9 Å². The first kappa shape index (κ1) is 14.7. The lowest BCUT2D eigenvalue weighted by atomic mass is 10.0. The summed E-state index contributed by atoms with van der Waals surface area (Å²) in [6.07, 6.45) is -5.10. The zero-order valence-corrected chi connectivity index (χ0v) is 9.04. The topological polar surface area (TPSA) is 72.6 Å². The van der Waals surface area contributed by atoms with E-state index in [0.29, 0.717) is 5.06 Å². The Morgan fingerprint density at radius 3 is 2.00 bits per heavy atom. The van der Waals surface area contributed by atoms with Crippen molar-refractivity contribution in [1.29, 1.82) is 0 Å². The molecule has 0 aromatic heterocycles. The highest BCUT2D eigenvalue weighted by Crippen LogP contribution is 2.18. The van der Waals surface area contributed by atoms with Gasteiger partial charge in [0.1, 0.15) is 6.04 Å². The van der Waals surface area contributed by atoms with Crippen LogP contribution >= 0.6 is 0 Å². The Morgan fingerprint density at radius 2 is 1.75 bits per heavy atom. The second-order valence-corrected chi connectivity index (χ2v) is 3.51. The second-order valence-electron chi connectivity index (χ2n) is 3.51. The van der Waals surface area contributed by atoms with Crippen LogP contribution in [0.5, 0.6) is 0 Å². The molecule has 0 aliphatic carbocycles. The molecule has 0 heterocycles. The number of likely N-dealkylation sites (N-methyl/N-ethyl adjacent to an activating group) is 1. The SMILES string of the molecule is CC(C)[C@@H](C(N)=O)N(C)OC(=O)C(F)(F)F. The largest absolute Gasteiger partial charge is 0.492 e. The Hall–Kier alpha value is -1.31. The fraction of sp³-hybridized carbons (Fsp3) is 0.750. The van der Waals surface area contributed by atoms with E-state index in [4.69, 9.17) is 5.73 Å². The van der Waals surface area contributed by atoms with Crippen LogP contribution in [0.3, 0.4) is 0 Å². The number of nitrogens with two attached hydrogens (primary N) is 1. The van der Waals surface area contributed by atoms with E-state index in [1.165, 1.54) is 0 Å². The molecule has 0 bridgehead atoms. The van der Waals surface area contributed by atoms with Gasteiger partial charge in [-0.15, -0.1) is 5.06 Å². The molecular formula is C8H13F3N2O3. The van der Waals surface area contributed by atoms with Crippen molar-refractivity contribution < 1.29 is 27.6 Å². The van der Waals surface area contributed by atoms with Crippen LogP contribution in [0.2, 0.25) is 0 Å². The van der Waals surface area contributed by atoms with Crippen LogP contribution in [0, 0.1) is 5.92 Å². The molecule has 1 atom stereocenters. The molecular weight excluding hydrogens is 229 g/mol. The molecule has 0 saturated carbocycles. The number of halogens is 3. The van der Waals surface area contributed by atoms with E-state index in [1.54, 1.807) is 13.8 Å². The Kier molecular flexibility index (Phi) is 4.73. The minimum Gasteiger partial charge on any atom is -0.368 e. The number of amides is 1. The Morgan fingerprint density at radius 1 is 1.31 bits per heavy atom.